The van der Waals surface area contributed by atoms with E-state index < -0.39 is 0 Å². The van der Waals surface area contributed by atoms with Gasteiger partial charge in [-0.2, -0.15) is 0 Å². The molecule has 0 aromatic carbocycles. The minimum absolute atomic E-state index is 0.0100. The summed E-state index contributed by atoms with van der Waals surface area (Å²) in [4.78, 5) is 40.1. The van der Waals surface area contributed by atoms with E-state index in [9.17, 15) is 14.4 Å². The molecule has 6 heteroatoms. The van der Waals surface area contributed by atoms with Crippen LogP contribution < -0.4 is 5.32 Å². The van der Waals surface area contributed by atoms with Gasteiger partial charge in [-0.05, 0) is 89.7 Å². The van der Waals surface area contributed by atoms with Crippen molar-refractivity contribution >= 4 is 17.6 Å². The maximum Gasteiger partial charge on any atom is 0.317 e. The van der Waals surface area contributed by atoms with Crippen LogP contribution in [-0.2, 0) is 14.3 Å². The number of ether oxygens (including phenoxy) is 1. The molecule has 0 aromatic heterocycles. The average Bonchev–Trinajstić information content (AvgIpc) is 2.94. The monoisotopic (exact) mass is 548 g/mol. The van der Waals surface area contributed by atoms with Gasteiger partial charge in [-0.3, -0.25) is 9.59 Å². The zero-order valence-electron chi connectivity index (χ0n) is 25.5. The third-order valence-corrected chi connectivity index (χ3v) is 13.1. The van der Waals surface area contributed by atoms with Crippen molar-refractivity contribution in [3.05, 3.63) is 34.9 Å². The maximum atomic E-state index is 12.9. The normalized spacial score (nSPS) is 44.8. The zero-order chi connectivity index (χ0) is 28.7. The number of rotatable bonds is 2. The van der Waals surface area contributed by atoms with Gasteiger partial charge in [0.1, 0.15) is 0 Å². The third kappa shape index (κ3) is 3.87. The number of fused-ring (bicyclic) bond motifs is 7. The fourth-order valence-corrected chi connectivity index (χ4v) is 9.98. The second-order valence-corrected chi connectivity index (χ2v) is 15.3. The van der Waals surface area contributed by atoms with E-state index in [0.29, 0.717) is 37.6 Å². The molecule has 6 aliphatic rings. The Labute approximate surface area is 240 Å². The molecule has 0 bridgehead atoms. The number of carbonyl (C=O) groups excluding carboxylic acids is 3. The second-order valence-electron chi connectivity index (χ2n) is 15.3. The van der Waals surface area contributed by atoms with Gasteiger partial charge in [-0.15, -0.1) is 0 Å². The Morgan fingerprint density at radius 2 is 1.68 bits per heavy atom. The second kappa shape index (κ2) is 9.14. The van der Waals surface area contributed by atoms with Crippen molar-refractivity contribution in [1.29, 1.82) is 0 Å². The van der Waals surface area contributed by atoms with Crippen LogP contribution >= 0.6 is 0 Å². The van der Waals surface area contributed by atoms with Gasteiger partial charge in [0, 0.05) is 31.0 Å². The minimum atomic E-state index is -0.357. The number of amides is 2. The van der Waals surface area contributed by atoms with Crippen LogP contribution in [0.1, 0.15) is 86.5 Å². The van der Waals surface area contributed by atoms with Gasteiger partial charge in [0.05, 0.1) is 13.2 Å². The fourth-order valence-electron chi connectivity index (χ4n) is 9.98. The lowest BCUT2D eigenvalue weighted by Gasteiger charge is -2.70. The molecule has 0 spiro atoms. The summed E-state index contributed by atoms with van der Waals surface area (Å²) in [6.07, 6.45) is 14.1. The molecule has 2 amide bonds. The number of ketones is 2. The summed E-state index contributed by atoms with van der Waals surface area (Å²) in [5.41, 5.74) is 3.89. The van der Waals surface area contributed by atoms with Crippen molar-refractivity contribution in [3.8, 4) is 0 Å². The van der Waals surface area contributed by atoms with Gasteiger partial charge in [-0.1, -0.05) is 59.3 Å². The number of Topliss-reactive ketones (excluding diaryl/α,β-unsaturated/α-hetero) is 1. The molecule has 5 aliphatic carbocycles. The molecule has 1 heterocycles. The fraction of sp³-hybridized carbons (Fsp3) is 0.735. The number of hydrogen-bond acceptors (Lipinski definition) is 4. The molecule has 1 unspecified atom stereocenters. The minimum Gasteiger partial charge on any atom is -0.378 e. The van der Waals surface area contributed by atoms with E-state index in [4.69, 9.17) is 4.74 Å². The summed E-state index contributed by atoms with van der Waals surface area (Å²) in [5, 5.41) is 3.30. The standard InChI is InChI=1S/C34H48N2O4/c1-22-23-7-8-26-32(4,24(23)19-25(37)28(22)38)12-14-34(6)27-20-30(2,9-10-31(27,3)11-13-33(26,34)5)21-35-29(39)36-15-17-40-18-16-36/h7-8,19,22,27H,9-18,20-21H2,1-6H3,(H,35,39)/t22?,27-,30-,31-,32+,33-,34+/m1/s1. The van der Waals surface area contributed by atoms with E-state index in [0.717, 1.165) is 49.8 Å². The van der Waals surface area contributed by atoms with Crippen LogP contribution in [0, 0.1) is 38.9 Å². The van der Waals surface area contributed by atoms with Gasteiger partial charge in [0.15, 0.2) is 0 Å². The van der Waals surface area contributed by atoms with E-state index in [1.807, 2.05) is 11.8 Å². The van der Waals surface area contributed by atoms with E-state index in [-0.39, 0.29) is 45.2 Å². The highest BCUT2D eigenvalue weighted by atomic mass is 16.5. The highest BCUT2D eigenvalue weighted by Gasteiger charge is 2.66. The van der Waals surface area contributed by atoms with Gasteiger partial charge < -0.3 is 15.0 Å². The lowest BCUT2D eigenvalue weighted by Crippen LogP contribution is -2.62. The SMILES string of the molecule is CC1C(=O)C(=O)C=C2C1=CC=C1[C@@]2(C)CC[C@@]2(C)[C@@H]3C[C@](C)(CNC(=O)N4CCOCC4)CC[C@]3(C)CC[C@]12C. The number of nitrogens with one attached hydrogen (secondary N) is 1. The Hall–Kier alpha value is -2.21. The van der Waals surface area contributed by atoms with Crippen molar-refractivity contribution < 1.29 is 19.1 Å². The Kier molecular flexibility index (Phi) is 6.39. The van der Waals surface area contributed by atoms with E-state index in [1.165, 1.54) is 18.4 Å². The molecule has 0 aromatic rings. The van der Waals surface area contributed by atoms with Crippen LogP contribution in [0.4, 0.5) is 4.79 Å². The first-order valence-corrected chi connectivity index (χ1v) is 15.6. The van der Waals surface area contributed by atoms with E-state index in [1.54, 1.807) is 6.08 Å². The summed E-state index contributed by atoms with van der Waals surface area (Å²) in [6.45, 7) is 17.5. The van der Waals surface area contributed by atoms with Crippen molar-refractivity contribution in [2.75, 3.05) is 32.8 Å². The summed E-state index contributed by atoms with van der Waals surface area (Å²) >= 11 is 0. The van der Waals surface area contributed by atoms with Crippen molar-refractivity contribution in [3.63, 3.8) is 0 Å². The number of nitrogens with zero attached hydrogens (tertiary/aromatic N) is 1. The molecule has 1 aliphatic heterocycles. The van der Waals surface area contributed by atoms with Crippen LogP contribution in [0.2, 0.25) is 0 Å². The average molecular weight is 549 g/mol. The molecule has 6 nitrogen and oxygen atoms in total. The van der Waals surface area contributed by atoms with Gasteiger partial charge >= 0.3 is 6.03 Å². The first-order valence-electron chi connectivity index (χ1n) is 15.6. The predicted molar refractivity (Wildman–Crippen MR) is 156 cm³/mol. The predicted octanol–water partition coefficient (Wildman–Crippen LogP) is 6.03. The van der Waals surface area contributed by atoms with Gasteiger partial charge in [0.25, 0.3) is 0 Å². The van der Waals surface area contributed by atoms with E-state index in [2.05, 4.69) is 52.1 Å². The van der Waals surface area contributed by atoms with Crippen molar-refractivity contribution in [1.82, 2.24) is 10.2 Å². The molecular formula is C34H48N2O4. The highest BCUT2D eigenvalue weighted by molar-refractivity contribution is 6.44. The molecule has 218 valence electrons. The maximum absolute atomic E-state index is 12.9. The Morgan fingerprint density at radius 3 is 2.40 bits per heavy atom. The lowest BCUT2D eigenvalue weighted by atomic mass is 9.34. The van der Waals surface area contributed by atoms with Gasteiger partial charge in [-0.25, -0.2) is 4.79 Å². The first-order chi connectivity index (χ1) is 18.8. The van der Waals surface area contributed by atoms with Crippen LogP contribution in [0.15, 0.2) is 34.9 Å². The molecule has 0 radical (unpaired) electrons. The van der Waals surface area contributed by atoms with Crippen molar-refractivity contribution in [2.45, 2.75) is 86.5 Å². The largest absolute Gasteiger partial charge is 0.378 e. The van der Waals surface area contributed by atoms with Crippen LogP contribution in [0.5, 0.6) is 0 Å². The van der Waals surface area contributed by atoms with Crippen molar-refractivity contribution in [2.24, 2.45) is 38.9 Å². The van der Waals surface area contributed by atoms with Crippen LogP contribution in [0.3, 0.4) is 0 Å². The molecule has 1 saturated heterocycles. The van der Waals surface area contributed by atoms with Crippen LogP contribution in [-0.4, -0.2) is 55.3 Å². The number of morpholine rings is 1. The van der Waals surface area contributed by atoms with Gasteiger partial charge in [0.2, 0.25) is 11.6 Å². The number of carbonyl (C=O) groups is 3. The number of urea groups is 1. The lowest BCUT2D eigenvalue weighted by molar-refractivity contribution is -0.160. The third-order valence-electron chi connectivity index (χ3n) is 13.1. The van der Waals surface area contributed by atoms with E-state index >= 15 is 0 Å². The quantitative estimate of drug-likeness (QED) is 0.428. The molecule has 7 atom stereocenters. The molecule has 40 heavy (non-hydrogen) atoms. The number of hydrogen-bond donors (Lipinski definition) is 1. The molecular weight excluding hydrogens is 500 g/mol. The smallest absolute Gasteiger partial charge is 0.317 e. The van der Waals surface area contributed by atoms with Crippen LogP contribution in [0.25, 0.3) is 0 Å². The summed E-state index contributed by atoms with van der Waals surface area (Å²) < 4.78 is 5.43. The molecule has 3 saturated carbocycles. The molecule has 1 N–H and O–H groups in total. The summed E-state index contributed by atoms with van der Waals surface area (Å²) in [5.74, 6) is -0.419. The summed E-state index contributed by atoms with van der Waals surface area (Å²) in [6, 6.07) is 0.0453. The Morgan fingerprint density at radius 1 is 0.975 bits per heavy atom. The topological polar surface area (TPSA) is 75.7 Å². The highest BCUT2D eigenvalue weighted by Crippen LogP contribution is 2.75. The Bertz CT molecular complexity index is 1240. The Balaban J connectivity index is 1.30. The zero-order valence-corrected chi connectivity index (χ0v) is 25.5. The summed E-state index contributed by atoms with van der Waals surface area (Å²) in [7, 11) is 0. The first kappa shape index (κ1) is 27.9. The molecule has 6 rings (SSSR count). The number of allylic oxidation sites excluding steroid dienone is 6. The molecule has 4 fully saturated rings.